The first-order valence-electron chi connectivity index (χ1n) is 9.32. The average molecular weight is 344 g/mol. The molecule has 1 fully saturated rings. The third kappa shape index (κ3) is 5.11. The van der Waals surface area contributed by atoms with Gasteiger partial charge in [0, 0.05) is 31.8 Å². The van der Waals surface area contributed by atoms with Crippen molar-refractivity contribution in [3.8, 4) is 0 Å². The Morgan fingerprint density at radius 1 is 1.36 bits per heavy atom. The van der Waals surface area contributed by atoms with Crippen LogP contribution in [0.5, 0.6) is 0 Å². The minimum Gasteiger partial charge on any atom is -0.406 e. The van der Waals surface area contributed by atoms with E-state index >= 15 is 0 Å². The fourth-order valence-corrected chi connectivity index (χ4v) is 3.19. The van der Waals surface area contributed by atoms with Crippen molar-refractivity contribution in [1.82, 2.24) is 9.88 Å². The van der Waals surface area contributed by atoms with Crippen LogP contribution in [0.4, 0.5) is 4.79 Å². The highest BCUT2D eigenvalue weighted by molar-refractivity contribution is 5.83. The van der Waals surface area contributed by atoms with E-state index in [1.165, 1.54) is 18.4 Å². The molecule has 0 saturated heterocycles. The van der Waals surface area contributed by atoms with Gasteiger partial charge in [-0.05, 0) is 51.2 Å². The van der Waals surface area contributed by atoms with E-state index in [0.717, 1.165) is 43.4 Å². The van der Waals surface area contributed by atoms with Gasteiger partial charge in [0.05, 0.1) is 13.1 Å². The molecule has 0 unspecified atom stereocenters. The number of rotatable bonds is 4. The van der Waals surface area contributed by atoms with E-state index < -0.39 is 5.60 Å². The standard InChI is InChI=1S/C20H30N3O2/c1-15-14-22(11-12-23(15)19(24)25-20(2,3)4)10-9-18-8-7-17(13-21-18)16-5-6-16/h7-8,13,16H,5-6,9-12,14H2,1-4H3/q+1. The molecule has 0 radical (unpaired) electrons. The zero-order chi connectivity index (χ0) is 18.0. The lowest BCUT2D eigenvalue weighted by atomic mass is 10.1. The highest BCUT2D eigenvalue weighted by atomic mass is 16.6. The van der Waals surface area contributed by atoms with E-state index in [1.54, 1.807) is 4.58 Å². The second-order valence-electron chi connectivity index (χ2n) is 8.25. The highest BCUT2D eigenvalue weighted by Crippen LogP contribution is 2.39. The number of carbonyl (C=O) groups is 1. The predicted octanol–water partition coefficient (Wildman–Crippen LogP) is 3.23. The van der Waals surface area contributed by atoms with Gasteiger partial charge in [0.1, 0.15) is 5.60 Å². The van der Waals surface area contributed by atoms with Crippen molar-refractivity contribution in [3.63, 3.8) is 0 Å². The Kier molecular flexibility index (Phi) is 5.23. The third-order valence-electron chi connectivity index (χ3n) is 4.75. The maximum atomic E-state index is 12.3. The van der Waals surface area contributed by atoms with Crippen molar-refractivity contribution in [2.24, 2.45) is 0 Å². The maximum absolute atomic E-state index is 12.3. The van der Waals surface area contributed by atoms with Gasteiger partial charge < -0.3 is 4.74 Å². The Bertz CT molecular complexity index is 655. The van der Waals surface area contributed by atoms with Crippen LogP contribution in [0.15, 0.2) is 18.3 Å². The summed E-state index contributed by atoms with van der Waals surface area (Å²) in [5.74, 6) is 0.764. The quantitative estimate of drug-likeness (QED) is 0.787. The number of hydrogen-bond donors (Lipinski definition) is 0. The molecule has 3 rings (SSSR count). The van der Waals surface area contributed by atoms with Gasteiger partial charge in [0.15, 0.2) is 12.3 Å². The second-order valence-corrected chi connectivity index (χ2v) is 8.25. The van der Waals surface area contributed by atoms with Gasteiger partial charge in [-0.2, -0.15) is 4.79 Å². The smallest absolute Gasteiger partial charge is 0.406 e. The van der Waals surface area contributed by atoms with E-state index in [1.807, 2.05) is 33.9 Å². The molecule has 2 aliphatic rings. The van der Waals surface area contributed by atoms with E-state index in [9.17, 15) is 4.79 Å². The van der Waals surface area contributed by atoms with E-state index in [-0.39, 0.29) is 6.09 Å². The Morgan fingerprint density at radius 2 is 2.12 bits per heavy atom. The van der Waals surface area contributed by atoms with Crippen LogP contribution in [0, 0.1) is 0 Å². The van der Waals surface area contributed by atoms with Crippen molar-refractivity contribution in [2.45, 2.75) is 58.5 Å². The van der Waals surface area contributed by atoms with Crippen molar-refractivity contribution in [1.29, 1.82) is 0 Å². The number of nitrogens with zero attached hydrogens (tertiary/aromatic N) is 3. The number of amides is 1. The Morgan fingerprint density at radius 3 is 2.68 bits per heavy atom. The molecule has 0 aromatic carbocycles. The molecule has 25 heavy (non-hydrogen) atoms. The molecule has 5 heteroatoms. The summed E-state index contributed by atoms with van der Waals surface area (Å²) in [6.07, 6.45) is 5.40. The molecule has 1 aromatic rings. The fourth-order valence-electron chi connectivity index (χ4n) is 3.19. The third-order valence-corrected chi connectivity index (χ3v) is 4.75. The minimum atomic E-state index is -0.452. The van der Waals surface area contributed by atoms with Gasteiger partial charge in [-0.15, -0.1) is 4.58 Å². The average Bonchev–Trinajstić information content (AvgIpc) is 3.36. The number of ether oxygens (including phenoxy) is 1. The number of aromatic nitrogens is 1. The van der Waals surface area contributed by atoms with Gasteiger partial charge in [-0.25, -0.2) is 0 Å². The molecular weight excluding hydrogens is 314 g/mol. The summed E-state index contributed by atoms with van der Waals surface area (Å²) in [7, 11) is 0. The van der Waals surface area contributed by atoms with E-state index in [2.05, 4.69) is 22.0 Å². The van der Waals surface area contributed by atoms with Crippen LogP contribution in [0.1, 0.15) is 57.7 Å². The molecule has 5 nitrogen and oxygen atoms in total. The number of pyridine rings is 1. The zero-order valence-corrected chi connectivity index (χ0v) is 15.9. The fraction of sp³-hybridized carbons (Fsp3) is 0.650. The molecule has 1 amide bonds. The topological polar surface area (TPSA) is 45.4 Å². The van der Waals surface area contributed by atoms with Crippen LogP contribution in [-0.4, -0.2) is 58.0 Å². The van der Waals surface area contributed by atoms with E-state index in [0.29, 0.717) is 6.54 Å². The van der Waals surface area contributed by atoms with E-state index in [4.69, 9.17) is 4.74 Å². The molecule has 136 valence electrons. The molecule has 1 saturated carbocycles. The molecule has 1 aromatic heterocycles. The molecule has 0 spiro atoms. The maximum Gasteiger partial charge on any atom is 0.596 e. The van der Waals surface area contributed by atoms with Crippen molar-refractivity contribution >= 4 is 11.8 Å². The molecular formula is C20H30N3O2+. The predicted molar refractivity (Wildman–Crippen MR) is 98.4 cm³/mol. The molecule has 2 heterocycles. The Labute approximate surface area is 150 Å². The summed E-state index contributed by atoms with van der Waals surface area (Å²) in [5.41, 5.74) is 3.14. The lowest BCUT2D eigenvalue weighted by molar-refractivity contribution is -0.458. The summed E-state index contributed by atoms with van der Waals surface area (Å²) in [6.45, 7) is 11.0. The van der Waals surface area contributed by atoms with Crippen LogP contribution >= 0.6 is 0 Å². The number of hydrogen-bond acceptors (Lipinski definition) is 4. The molecule has 0 atom stereocenters. The van der Waals surface area contributed by atoms with Gasteiger partial charge in [-0.1, -0.05) is 6.07 Å². The molecule has 0 N–H and O–H groups in total. The monoisotopic (exact) mass is 344 g/mol. The number of carbonyl (C=O) groups excluding carboxylic acids is 1. The second kappa shape index (κ2) is 7.24. The largest absolute Gasteiger partial charge is 0.596 e. The van der Waals surface area contributed by atoms with Crippen molar-refractivity contribution < 1.29 is 14.1 Å². The SMILES string of the molecule is CC1=[N+](C(=O)OC(C)(C)C)CCN(CCc2ccc(C3CC3)cn2)C1. The van der Waals surface area contributed by atoms with Crippen LogP contribution in [0.25, 0.3) is 0 Å². The molecule has 1 aliphatic carbocycles. The van der Waals surface area contributed by atoms with Crippen LogP contribution < -0.4 is 0 Å². The van der Waals surface area contributed by atoms with Crippen LogP contribution in [-0.2, 0) is 11.2 Å². The summed E-state index contributed by atoms with van der Waals surface area (Å²) in [6, 6.07) is 4.40. The van der Waals surface area contributed by atoms with Crippen LogP contribution in [0.2, 0.25) is 0 Å². The van der Waals surface area contributed by atoms with Gasteiger partial charge in [0.2, 0.25) is 0 Å². The molecule has 1 aliphatic heterocycles. The van der Waals surface area contributed by atoms with Crippen molar-refractivity contribution in [2.75, 3.05) is 26.2 Å². The van der Waals surface area contributed by atoms with Crippen molar-refractivity contribution in [3.05, 3.63) is 29.6 Å². The summed E-state index contributed by atoms with van der Waals surface area (Å²) >= 11 is 0. The highest BCUT2D eigenvalue weighted by Gasteiger charge is 2.32. The van der Waals surface area contributed by atoms with Gasteiger partial charge in [0.25, 0.3) is 0 Å². The normalized spacial score (nSPS) is 19.2. The first-order chi connectivity index (χ1) is 11.8. The molecule has 0 bridgehead atoms. The van der Waals surface area contributed by atoms with Crippen LogP contribution in [0.3, 0.4) is 0 Å². The summed E-state index contributed by atoms with van der Waals surface area (Å²) < 4.78 is 7.25. The first kappa shape index (κ1) is 18.1. The summed E-state index contributed by atoms with van der Waals surface area (Å²) in [4.78, 5) is 19.2. The Balaban J connectivity index is 1.51. The lowest BCUT2D eigenvalue weighted by Crippen LogP contribution is -2.47. The Hall–Kier alpha value is -1.75. The zero-order valence-electron chi connectivity index (χ0n) is 15.9. The minimum absolute atomic E-state index is 0.234. The summed E-state index contributed by atoms with van der Waals surface area (Å²) in [5, 5.41) is 0. The first-order valence-corrected chi connectivity index (χ1v) is 9.32. The lowest BCUT2D eigenvalue weighted by Gasteiger charge is -2.25. The van der Waals surface area contributed by atoms with Gasteiger partial charge in [-0.3, -0.25) is 9.88 Å². The van der Waals surface area contributed by atoms with Gasteiger partial charge >= 0.3 is 6.09 Å².